The molecule has 17 heavy (non-hydrogen) atoms. The third-order valence-corrected chi connectivity index (χ3v) is 4.65. The van der Waals surface area contributed by atoms with Crippen LogP contribution < -0.4 is 0 Å². The van der Waals surface area contributed by atoms with Crippen LogP contribution in [0.3, 0.4) is 0 Å². The van der Waals surface area contributed by atoms with Gasteiger partial charge >= 0.3 is 5.97 Å². The highest BCUT2D eigenvalue weighted by Crippen LogP contribution is 2.48. The molecule has 0 aromatic rings. The molecule has 0 saturated carbocycles. The van der Waals surface area contributed by atoms with Crippen molar-refractivity contribution in [1.29, 1.82) is 0 Å². The quantitative estimate of drug-likeness (QED) is 0.709. The number of nitrogens with zero attached hydrogens (tertiary/aromatic N) is 1. The SMILES string of the molecule is COC(=O)C1(CCCF)CC2CCC(C1)N2C. The van der Waals surface area contributed by atoms with Gasteiger partial charge in [-0.3, -0.25) is 9.18 Å². The smallest absolute Gasteiger partial charge is 0.311 e. The van der Waals surface area contributed by atoms with Gasteiger partial charge in [0.05, 0.1) is 19.2 Å². The number of alkyl halides is 1. The van der Waals surface area contributed by atoms with Crippen molar-refractivity contribution in [1.82, 2.24) is 4.90 Å². The Kier molecular flexibility index (Phi) is 3.71. The van der Waals surface area contributed by atoms with Gasteiger partial charge in [-0.25, -0.2) is 0 Å². The van der Waals surface area contributed by atoms with Crippen LogP contribution in [-0.2, 0) is 9.53 Å². The zero-order chi connectivity index (χ0) is 12.5. The Morgan fingerprint density at radius 3 is 2.47 bits per heavy atom. The molecule has 4 heteroatoms. The molecule has 2 bridgehead atoms. The predicted molar refractivity (Wildman–Crippen MR) is 63.5 cm³/mol. The van der Waals surface area contributed by atoms with Crippen LogP contribution >= 0.6 is 0 Å². The van der Waals surface area contributed by atoms with E-state index in [1.54, 1.807) is 0 Å². The lowest BCUT2D eigenvalue weighted by molar-refractivity contribution is -0.158. The molecule has 2 aliphatic rings. The zero-order valence-corrected chi connectivity index (χ0v) is 10.7. The third kappa shape index (κ3) is 2.19. The Hall–Kier alpha value is -0.640. The molecule has 2 fully saturated rings. The fourth-order valence-electron chi connectivity index (χ4n) is 3.66. The van der Waals surface area contributed by atoms with Crippen molar-refractivity contribution in [3.63, 3.8) is 0 Å². The number of esters is 1. The van der Waals surface area contributed by atoms with Gasteiger partial charge in [0.25, 0.3) is 0 Å². The lowest BCUT2D eigenvalue weighted by atomic mass is 9.72. The van der Waals surface area contributed by atoms with E-state index in [9.17, 15) is 9.18 Å². The second-order valence-corrected chi connectivity index (χ2v) is 5.52. The van der Waals surface area contributed by atoms with E-state index in [-0.39, 0.29) is 12.6 Å². The number of hydrogen-bond donors (Lipinski definition) is 0. The molecule has 2 atom stereocenters. The van der Waals surface area contributed by atoms with Gasteiger partial charge in [-0.1, -0.05) is 0 Å². The largest absolute Gasteiger partial charge is 0.469 e. The average molecular weight is 243 g/mol. The van der Waals surface area contributed by atoms with Gasteiger partial charge in [-0.15, -0.1) is 0 Å². The summed E-state index contributed by atoms with van der Waals surface area (Å²) in [6.45, 7) is -0.343. The van der Waals surface area contributed by atoms with Gasteiger partial charge in [-0.05, 0) is 45.6 Å². The first-order valence-electron chi connectivity index (χ1n) is 6.49. The van der Waals surface area contributed by atoms with Gasteiger partial charge in [0.2, 0.25) is 0 Å². The molecule has 2 aliphatic heterocycles. The van der Waals surface area contributed by atoms with Crippen LogP contribution in [0.25, 0.3) is 0 Å². The van der Waals surface area contributed by atoms with Crippen molar-refractivity contribution in [2.45, 2.75) is 50.6 Å². The Morgan fingerprint density at radius 1 is 1.41 bits per heavy atom. The van der Waals surface area contributed by atoms with Crippen molar-refractivity contribution in [3.05, 3.63) is 0 Å². The number of fused-ring (bicyclic) bond motifs is 2. The van der Waals surface area contributed by atoms with Crippen LogP contribution in [0.4, 0.5) is 4.39 Å². The average Bonchev–Trinajstić information content (AvgIpc) is 2.58. The molecule has 0 amide bonds. The molecule has 2 saturated heterocycles. The highest BCUT2D eigenvalue weighted by molar-refractivity contribution is 5.77. The molecule has 98 valence electrons. The summed E-state index contributed by atoms with van der Waals surface area (Å²) in [5.41, 5.74) is -0.417. The summed E-state index contributed by atoms with van der Waals surface area (Å²) >= 11 is 0. The van der Waals surface area contributed by atoms with E-state index >= 15 is 0 Å². The first kappa shape index (κ1) is 12.8. The number of halogens is 1. The molecular weight excluding hydrogens is 221 g/mol. The number of piperidine rings is 1. The second-order valence-electron chi connectivity index (χ2n) is 5.52. The number of hydrogen-bond acceptors (Lipinski definition) is 3. The van der Waals surface area contributed by atoms with Crippen molar-refractivity contribution in [2.75, 3.05) is 20.8 Å². The zero-order valence-electron chi connectivity index (χ0n) is 10.7. The lowest BCUT2D eigenvalue weighted by Crippen LogP contribution is -2.49. The molecule has 0 radical (unpaired) electrons. The first-order chi connectivity index (χ1) is 8.13. The van der Waals surface area contributed by atoms with Crippen LogP contribution in [0.5, 0.6) is 0 Å². The number of ether oxygens (including phenoxy) is 1. The predicted octanol–water partition coefficient (Wildman–Crippen LogP) is 2.15. The van der Waals surface area contributed by atoms with E-state index in [0.717, 1.165) is 25.7 Å². The minimum Gasteiger partial charge on any atom is -0.469 e. The van der Waals surface area contributed by atoms with Crippen molar-refractivity contribution < 1.29 is 13.9 Å². The van der Waals surface area contributed by atoms with E-state index in [0.29, 0.717) is 24.9 Å². The summed E-state index contributed by atoms with van der Waals surface area (Å²) in [7, 11) is 3.58. The molecule has 2 unspecified atom stereocenters. The first-order valence-corrected chi connectivity index (χ1v) is 6.49. The van der Waals surface area contributed by atoms with E-state index in [2.05, 4.69) is 11.9 Å². The molecule has 2 heterocycles. The summed E-state index contributed by atoms with van der Waals surface area (Å²) < 4.78 is 17.4. The molecule has 3 nitrogen and oxygen atoms in total. The number of carbonyl (C=O) groups excluding carboxylic acids is 1. The van der Waals surface area contributed by atoms with Gasteiger partial charge in [-0.2, -0.15) is 0 Å². The minimum absolute atomic E-state index is 0.129. The van der Waals surface area contributed by atoms with Gasteiger partial charge in [0.1, 0.15) is 0 Å². The lowest BCUT2D eigenvalue weighted by Gasteiger charge is -2.43. The fraction of sp³-hybridized carbons (Fsp3) is 0.923. The topological polar surface area (TPSA) is 29.5 Å². The number of carbonyl (C=O) groups is 1. The summed E-state index contributed by atoms with van der Waals surface area (Å²) in [5.74, 6) is -0.129. The maximum Gasteiger partial charge on any atom is 0.311 e. The summed E-state index contributed by atoms with van der Waals surface area (Å²) in [6, 6.07) is 0.958. The summed E-state index contributed by atoms with van der Waals surface area (Å²) in [5, 5.41) is 0. The molecular formula is C13H22FNO2. The Balaban J connectivity index is 2.15. The highest BCUT2D eigenvalue weighted by Gasteiger charge is 2.51. The van der Waals surface area contributed by atoms with E-state index < -0.39 is 5.41 Å². The minimum atomic E-state index is -0.417. The number of rotatable bonds is 4. The van der Waals surface area contributed by atoms with E-state index in [1.165, 1.54) is 7.11 Å². The third-order valence-electron chi connectivity index (χ3n) is 4.65. The highest BCUT2D eigenvalue weighted by atomic mass is 19.1. The Labute approximate surface area is 102 Å². The molecule has 2 rings (SSSR count). The van der Waals surface area contributed by atoms with Crippen LogP contribution in [-0.4, -0.2) is 43.8 Å². The van der Waals surface area contributed by atoms with Crippen LogP contribution in [0.1, 0.15) is 38.5 Å². The maximum absolute atomic E-state index is 12.4. The Morgan fingerprint density at radius 2 is 2.00 bits per heavy atom. The molecule has 0 aromatic carbocycles. The van der Waals surface area contributed by atoms with Crippen LogP contribution in [0.15, 0.2) is 0 Å². The molecule has 0 spiro atoms. The maximum atomic E-state index is 12.4. The molecule has 0 aliphatic carbocycles. The molecule has 0 N–H and O–H groups in total. The van der Waals surface area contributed by atoms with Crippen molar-refractivity contribution in [2.24, 2.45) is 5.41 Å². The van der Waals surface area contributed by atoms with Crippen LogP contribution in [0, 0.1) is 5.41 Å². The molecule has 0 aromatic heterocycles. The van der Waals surface area contributed by atoms with Crippen LogP contribution in [0.2, 0.25) is 0 Å². The second kappa shape index (κ2) is 4.92. The van der Waals surface area contributed by atoms with Gasteiger partial charge in [0.15, 0.2) is 0 Å². The fourth-order valence-corrected chi connectivity index (χ4v) is 3.66. The standard InChI is InChI=1S/C13H22FNO2/c1-15-10-4-5-11(15)9-13(8-10,6-3-7-14)12(16)17-2/h10-11H,3-9H2,1-2H3. The Bertz CT molecular complexity index is 281. The van der Waals surface area contributed by atoms with Crippen molar-refractivity contribution >= 4 is 5.97 Å². The van der Waals surface area contributed by atoms with E-state index in [4.69, 9.17) is 4.74 Å². The monoisotopic (exact) mass is 243 g/mol. The van der Waals surface area contributed by atoms with Gasteiger partial charge in [0, 0.05) is 12.1 Å². The summed E-state index contributed by atoms with van der Waals surface area (Å²) in [4.78, 5) is 14.4. The van der Waals surface area contributed by atoms with Gasteiger partial charge < -0.3 is 9.64 Å². The van der Waals surface area contributed by atoms with E-state index in [1.807, 2.05) is 0 Å². The number of methoxy groups -OCH3 is 1. The summed E-state index contributed by atoms with van der Waals surface area (Å²) in [6.07, 6.45) is 5.11. The normalized spacial score (nSPS) is 37.1. The van der Waals surface area contributed by atoms with Crippen molar-refractivity contribution in [3.8, 4) is 0 Å².